The summed E-state index contributed by atoms with van der Waals surface area (Å²) in [4.78, 5) is 13.0. The van der Waals surface area contributed by atoms with E-state index in [1.165, 1.54) is 0 Å². The third-order valence-corrected chi connectivity index (χ3v) is 4.92. The Kier molecular flexibility index (Phi) is 4.97. The molecule has 1 amide bonds. The Hall–Kier alpha value is -3.01. The molecule has 0 unspecified atom stereocenters. The molecule has 0 fully saturated rings. The first kappa shape index (κ1) is 17.4. The molecule has 0 aromatic heterocycles. The Labute approximate surface area is 159 Å². The lowest BCUT2D eigenvalue weighted by molar-refractivity contribution is 0.0937. The first-order chi connectivity index (χ1) is 13.3. The fourth-order valence-electron chi connectivity index (χ4n) is 3.48. The van der Waals surface area contributed by atoms with Gasteiger partial charge in [-0.05, 0) is 41.0 Å². The molecule has 3 aromatic rings. The van der Waals surface area contributed by atoms with E-state index < -0.39 is 0 Å². The van der Waals surface area contributed by atoms with Crippen molar-refractivity contribution in [1.82, 2.24) is 5.32 Å². The van der Waals surface area contributed by atoms with E-state index in [4.69, 9.17) is 9.47 Å². The van der Waals surface area contributed by atoms with Crippen LogP contribution < -0.4 is 14.8 Å². The van der Waals surface area contributed by atoms with E-state index in [1.54, 1.807) is 0 Å². The largest absolute Gasteiger partial charge is 0.490 e. The highest BCUT2D eigenvalue weighted by molar-refractivity contribution is 6.07. The molecule has 3 aromatic carbocycles. The highest BCUT2D eigenvalue weighted by Gasteiger charge is 2.18. The predicted octanol–water partition coefficient (Wildman–Crippen LogP) is 4.88. The summed E-state index contributed by atoms with van der Waals surface area (Å²) in [6, 6.07) is 19.6. The lowest BCUT2D eigenvalue weighted by Gasteiger charge is -2.19. The van der Waals surface area contributed by atoms with Crippen molar-refractivity contribution in [3.8, 4) is 11.5 Å². The van der Waals surface area contributed by atoms with Gasteiger partial charge in [-0.15, -0.1) is 0 Å². The summed E-state index contributed by atoms with van der Waals surface area (Å²) in [7, 11) is 0. The molecular weight excluding hydrogens is 338 g/mol. The number of fused-ring (bicyclic) bond motifs is 2. The topological polar surface area (TPSA) is 47.6 Å². The van der Waals surface area contributed by atoms with Crippen LogP contribution in [0.15, 0.2) is 60.7 Å². The van der Waals surface area contributed by atoms with Gasteiger partial charge >= 0.3 is 0 Å². The van der Waals surface area contributed by atoms with Crippen molar-refractivity contribution in [2.24, 2.45) is 0 Å². The van der Waals surface area contributed by atoms with Crippen molar-refractivity contribution < 1.29 is 14.3 Å². The van der Waals surface area contributed by atoms with Gasteiger partial charge in [0.05, 0.1) is 19.3 Å². The van der Waals surface area contributed by atoms with E-state index >= 15 is 0 Å². The highest BCUT2D eigenvalue weighted by Crippen LogP contribution is 2.33. The molecule has 1 N–H and O–H groups in total. The van der Waals surface area contributed by atoms with Crippen LogP contribution in [-0.4, -0.2) is 19.1 Å². The van der Waals surface area contributed by atoms with Crippen LogP contribution in [0.1, 0.15) is 41.7 Å². The molecule has 4 heteroatoms. The van der Waals surface area contributed by atoms with Crippen LogP contribution >= 0.6 is 0 Å². The van der Waals surface area contributed by atoms with Crippen molar-refractivity contribution in [2.75, 3.05) is 13.2 Å². The standard InChI is InChI=1S/C23H23NO3/c1-2-20(17-11-12-21-22(15-17)27-14-6-13-26-21)24-23(25)19-10-5-8-16-7-3-4-9-18(16)19/h3-5,7-12,15,20H,2,6,13-14H2,1H3,(H,24,25)/t20-/m1/s1. The Morgan fingerprint density at radius 1 is 1.00 bits per heavy atom. The maximum atomic E-state index is 13.0. The molecule has 0 saturated heterocycles. The zero-order chi connectivity index (χ0) is 18.6. The summed E-state index contributed by atoms with van der Waals surface area (Å²) < 4.78 is 11.5. The van der Waals surface area contributed by atoms with Gasteiger partial charge in [-0.25, -0.2) is 0 Å². The molecule has 0 radical (unpaired) electrons. The zero-order valence-corrected chi connectivity index (χ0v) is 15.4. The van der Waals surface area contributed by atoms with Crippen molar-refractivity contribution in [2.45, 2.75) is 25.8 Å². The van der Waals surface area contributed by atoms with Crippen LogP contribution in [0.25, 0.3) is 10.8 Å². The molecule has 0 bridgehead atoms. The van der Waals surface area contributed by atoms with Crippen molar-refractivity contribution in [3.05, 3.63) is 71.8 Å². The number of carbonyl (C=O) groups excluding carboxylic acids is 1. The summed E-state index contributed by atoms with van der Waals surface area (Å²) in [5.41, 5.74) is 1.72. The molecule has 4 rings (SSSR count). The monoisotopic (exact) mass is 361 g/mol. The maximum Gasteiger partial charge on any atom is 0.252 e. The van der Waals surface area contributed by atoms with E-state index in [0.717, 1.165) is 40.7 Å². The van der Waals surface area contributed by atoms with Gasteiger partial charge in [0.1, 0.15) is 0 Å². The zero-order valence-electron chi connectivity index (χ0n) is 15.4. The Balaban J connectivity index is 1.60. The Morgan fingerprint density at radius 2 is 1.78 bits per heavy atom. The molecule has 138 valence electrons. The summed E-state index contributed by atoms with van der Waals surface area (Å²) in [6.07, 6.45) is 1.66. The minimum atomic E-state index is -0.0892. The minimum Gasteiger partial charge on any atom is -0.490 e. The van der Waals surface area contributed by atoms with Crippen molar-refractivity contribution >= 4 is 16.7 Å². The molecule has 0 saturated carbocycles. The van der Waals surface area contributed by atoms with Crippen LogP contribution in [0.3, 0.4) is 0 Å². The number of rotatable bonds is 4. The Morgan fingerprint density at radius 3 is 2.63 bits per heavy atom. The number of nitrogens with one attached hydrogen (secondary N) is 1. The number of ether oxygens (including phenoxy) is 2. The molecule has 4 nitrogen and oxygen atoms in total. The number of hydrogen-bond acceptors (Lipinski definition) is 3. The van der Waals surface area contributed by atoms with Crippen LogP contribution in [0.4, 0.5) is 0 Å². The fraction of sp³-hybridized carbons (Fsp3) is 0.261. The third-order valence-electron chi connectivity index (χ3n) is 4.92. The Bertz CT molecular complexity index is 961. The highest BCUT2D eigenvalue weighted by atomic mass is 16.5. The first-order valence-corrected chi connectivity index (χ1v) is 9.44. The molecule has 1 aliphatic heterocycles. The van der Waals surface area contributed by atoms with Crippen LogP contribution in [0.5, 0.6) is 11.5 Å². The summed E-state index contributed by atoms with van der Waals surface area (Å²) in [5, 5.41) is 5.21. The summed E-state index contributed by atoms with van der Waals surface area (Å²) in [6.45, 7) is 3.38. The number of benzene rings is 3. The van der Waals surface area contributed by atoms with E-state index in [9.17, 15) is 4.79 Å². The normalized spacial score (nSPS) is 14.4. The number of amides is 1. The van der Waals surface area contributed by atoms with E-state index in [0.29, 0.717) is 18.8 Å². The molecule has 27 heavy (non-hydrogen) atoms. The van der Waals surface area contributed by atoms with E-state index in [-0.39, 0.29) is 11.9 Å². The summed E-state index contributed by atoms with van der Waals surface area (Å²) in [5.74, 6) is 1.46. The minimum absolute atomic E-state index is 0.0641. The van der Waals surface area contributed by atoms with Gasteiger partial charge in [0.2, 0.25) is 0 Å². The molecule has 1 atom stereocenters. The van der Waals surface area contributed by atoms with Gasteiger partial charge < -0.3 is 14.8 Å². The lowest BCUT2D eigenvalue weighted by Crippen LogP contribution is -2.28. The van der Waals surface area contributed by atoms with Gasteiger partial charge in [0.15, 0.2) is 11.5 Å². The molecule has 1 aliphatic rings. The van der Waals surface area contributed by atoms with E-state index in [1.807, 2.05) is 60.7 Å². The first-order valence-electron chi connectivity index (χ1n) is 9.44. The van der Waals surface area contributed by atoms with E-state index in [2.05, 4.69) is 12.2 Å². The van der Waals surface area contributed by atoms with Crippen molar-refractivity contribution in [1.29, 1.82) is 0 Å². The molecule has 1 heterocycles. The maximum absolute atomic E-state index is 13.0. The fourth-order valence-corrected chi connectivity index (χ4v) is 3.48. The predicted molar refractivity (Wildman–Crippen MR) is 106 cm³/mol. The third kappa shape index (κ3) is 3.61. The second kappa shape index (κ2) is 7.70. The average molecular weight is 361 g/mol. The number of hydrogen-bond donors (Lipinski definition) is 1. The van der Waals surface area contributed by atoms with Gasteiger partial charge in [0, 0.05) is 12.0 Å². The van der Waals surface area contributed by atoms with Crippen LogP contribution in [-0.2, 0) is 0 Å². The second-order valence-electron chi connectivity index (χ2n) is 6.72. The average Bonchev–Trinajstić information content (AvgIpc) is 2.96. The van der Waals surface area contributed by atoms with Crippen LogP contribution in [0, 0.1) is 0 Å². The van der Waals surface area contributed by atoms with Crippen LogP contribution in [0.2, 0.25) is 0 Å². The molecular formula is C23H23NO3. The molecule has 0 spiro atoms. The quantitative estimate of drug-likeness (QED) is 0.720. The number of carbonyl (C=O) groups is 1. The smallest absolute Gasteiger partial charge is 0.252 e. The molecule has 0 aliphatic carbocycles. The van der Waals surface area contributed by atoms with Gasteiger partial charge in [-0.1, -0.05) is 49.4 Å². The lowest BCUT2D eigenvalue weighted by atomic mass is 10.0. The SMILES string of the molecule is CC[C@@H](NC(=O)c1cccc2ccccc12)c1ccc2c(c1)OCCCO2. The van der Waals surface area contributed by atoms with Crippen molar-refractivity contribution in [3.63, 3.8) is 0 Å². The van der Waals surface area contributed by atoms with Gasteiger partial charge in [-0.3, -0.25) is 4.79 Å². The van der Waals surface area contributed by atoms with Gasteiger partial charge in [-0.2, -0.15) is 0 Å². The second-order valence-corrected chi connectivity index (χ2v) is 6.72. The summed E-state index contributed by atoms with van der Waals surface area (Å²) >= 11 is 0. The van der Waals surface area contributed by atoms with Gasteiger partial charge in [0.25, 0.3) is 5.91 Å².